The summed E-state index contributed by atoms with van der Waals surface area (Å²) in [4.78, 5) is 37.8. The molecular weight excluding hydrogens is 400 g/mol. The first kappa shape index (κ1) is 20.5. The van der Waals surface area contributed by atoms with Crippen LogP contribution in [0.25, 0.3) is 10.9 Å². The molecule has 1 atom stereocenters. The number of imide groups is 1. The molecule has 0 radical (unpaired) electrons. The second-order valence-corrected chi connectivity index (χ2v) is 7.33. The highest BCUT2D eigenvalue weighted by Crippen LogP contribution is 2.21. The second-order valence-electron chi connectivity index (χ2n) is 7.33. The Hall–Kier alpha value is -3.75. The minimum atomic E-state index is -0.698. The molecule has 9 heteroatoms. The van der Waals surface area contributed by atoms with E-state index >= 15 is 0 Å². The Morgan fingerprint density at radius 3 is 2.90 bits per heavy atom. The lowest BCUT2D eigenvalue weighted by molar-refractivity contribution is -0.128. The van der Waals surface area contributed by atoms with E-state index in [1.807, 2.05) is 30.5 Å². The number of methoxy groups -OCH3 is 1. The van der Waals surface area contributed by atoms with Crippen LogP contribution >= 0.6 is 0 Å². The van der Waals surface area contributed by atoms with Crippen molar-refractivity contribution in [2.24, 2.45) is 0 Å². The maximum absolute atomic E-state index is 12.5. The number of hydrogen-bond donors (Lipinski definition) is 2. The molecule has 2 N–H and O–H groups in total. The molecule has 0 aliphatic carbocycles. The fraction of sp³-hybridized carbons (Fsp3) is 0.318. The van der Waals surface area contributed by atoms with Gasteiger partial charge in [-0.25, -0.2) is 4.79 Å². The van der Waals surface area contributed by atoms with Crippen LogP contribution in [0.5, 0.6) is 5.75 Å². The van der Waals surface area contributed by atoms with Crippen molar-refractivity contribution in [1.82, 2.24) is 20.1 Å². The van der Waals surface area contributed by atoms with Gasteiger partial charge in [0, 0.05) is 36.6 Å². The Kier molecular flexibility index (Phi) is 5.92. The van der Waals surface area contributed by atoms with Crippen molar-refractivity contribution in [3.05, 3.63) is 54.6 Å². The normalized spacial score (nSPS) is 16.0. The second kappa shape index (κ2) is 8.95. The maximum atomic E-state index is 12.5. The van der Waals surface area contributed by atoms with Crippen LogP contribution in [0.4, 0.5) is 4.79 Å². The molecule has 4 amide bonds. The first-order valence-corrected chi connectivity index (χ1v) is 10.1. The van der Waals surface area contributed by atoms with E-state index in [9.17, 15) is 14.4 Å². The number of aromatic nitrogens is 1. The van der Waals surface area contributed by atoms with E-state index in [0.717, 1.165) is 21.6 Å². The number of hydrogen-bond acceptors (Lipinski definition) is 5. The van der Waals surface area contributed by atoms with Crippen LogP contribution in [0.15, 0.2) is 53.3 Å². The third kappa shape index (κ3) is 4.55. The highest BCUT2D eigenvalue weighted by molar-refractivity contribution is 6.04. The Morgan fingerprint density at radius 1 is 1.26 bits per heavy atom. The Balaban J connectivity index is 1.23. The first-order valence-electron chi connectivity index (χ1n) is 10.1. The summed E-state index contributed by atoms with van der Waals surface area (Å²) in [5.41, 5.74) is 1.06. The van der Waals surface area contributed by atoms with E-state index in [0.29, 0.717) is 18.8 Å². The number of amides is 4. The van der Waals surface area contributed by atoms with E-state index in [-0.39, 0.29) is 31.2 Å². The van der Waals surface area contributed by atoms with Gasteiger partial charge in [0.15, 0.2) is 0 Å². The fourth-order valence-corrected chi connectivity index (χ4v) is 3.66. The lowest BCUT2D eigenvalue weighted by Crippen LogP contribution is -2.33. The first-order chi connectivity index (χ1) is 15.0. The van der Waals surface area contributed by atoms with Crippen molar-refractivity contribution >= 4 is 28.7 Å². The van der Waals surface area contributed by atoms with Gasteiger partial charge in [0.25, 0.3) is 5.91 Å². The largest absolute Gasteiger partial charge is 0.497 e. The minimum absolute atomic E-state index is 0.0804. The predicted octanol–water partition coefficient (Wildman–Crippen LogP) is 2.26. The van der Waals surface area contributed by atoms with Gasteiger partial charge in [-0.1, -0.05) is 0 Å². The van der Waals surface area contributed by atoms with Crippen molar-refractivity contribution in [3.63, 3.8) is 0 Å². The molecule has 4 rings (SSSR count). The van der Waals surface area contributed by atoms with Crippen molar-refractivity contribution in [2.45, 2.75) is 32.0 Å². The molecule has 0 saturated carbocycles. The van der Waals surface area contributed by atoms with Crippen LogP contribution in [0.1, 0.15) is 18.6 Å². The molecule has 1 saturated heterocycles. The fourth-order valence-electron chi connectivity index (χ4n) is 3.66. The van der Waals surface area contributed by atoms with E-state index < -0.39 is 12.1 Å². The molecule has 0 spiro atoms. The van der Waals surface area contributed by atoms with Crippen LogP contribution in [0, 0.1) is 0 Å². The number of urea groups is 1. The van der Waals surface area contributed by atoms with E-state index in [1.54, 1.807) is 19.2 Å². The molecule has 1 fully saturated rings. The highest BCUT2D eigenvalue weighted by atomic mass is 16.5. The Morgan fingerprint density at radius 2 is 2.13 bits per heavy atom. The lowest BCUT2D eigenvalue weighted by atomic mass is 10.1. The van der Waals surface area contributed by atoms with Gasteiger partial charge >= 0.3 is 6.03 Å². The van der Waals surface area contributed by atoms with Crippen LogP contribution in [-0.4, -0.2) is 47.0 Å². The number of ether oxygens (including phenoxy) is 1. The van der Waals surface area contributed by atoms with Crippen LogP contribution < -0.4 is 15.4 Å². The van der Waals surface area contributed by atoms with Crippen LogP contribution in [-0.2, 0) is 22.7 Å². The Labute approximate surface area is 178 Å². The summed E-state index contributed by atoms with van der Waals surface area (Å²) in [6.45, 7) is 1.17. The SMILES string of the molecule is COc1ccc2c(ccn2CCNC(=O)CC[C@H]2NC(=O)N(Cc3ccco3)C2=O)c1. The molecule has 3 heterocycles. The average Bonchev–Trinajstić information content (AvgIpc) is 3.49. The number of nitrogens with one attached hydrogen (secondary N) is 2. The molecule has 1 aromatic carbocycles. The van der Waals surface area contributed by atoms with Gasteiger partial charge in [-0.15, -0.1) is 0 Å². The van der Waals surface area contributed by atoms with Gasteiger partial charge in [0.2, 0.25) is 5.91 Å². The third-order valence-corrected chi connectivity index (χ3v) is 5.31. The van der Waals surface area contributed by atoms with E-state index in [2.05, 4.69) is 15.2 Å². The van der Waals surface area contributed by atoms with Crippen molar-refractivity contribution < 1.29 is 23.5 Å². The molecule has 1 aliphatic heterocycles. The summed E-state index contributed by atoms with van der Waals surface area (Å²) in [6.07, 6.45) is 3.85. The summed E-state index contributed by atoms with van der Waals surface area (Å²) in [6, 6.07) is 10.1. The number of benzene rings is 1. The third-order valence-electron chi connectivity index (χ3n) is 5.31. The van der Waals surface area contributed by atoms with Gasteiger partial charge in [-0.3, -0.25) is 14.5 Å². The molecule has 0 bridgehead atoms. The zero-order chi connectivity index (χ0) is 21.8. The smallest absolute Gasteiger partial charge is 0.325 e. The maximum Gasteiger partial charge on any atom is 0.325 e. The summed E-state index contributed by atoms with van der Waals surface area (Å²) in [7, 11) is 1.63. The Bertz CT molecular complexity index is 1090. The molecule has 2 aromatic heterocycles. The molecule has 31 heavy (non-hydrogen) atoms. The van der Waals surface area contributed by atoms with Gasteiger partial charge in [-0.2, -0.15) is 0 Å². The van der Waals surface area contributed by atoms with E-state index in [1.165, 1.54) is 6.26 Å². The quantitative estimate of drug-likeness (QED) is 0.513. The number of nitrogens with zero attached hydrogens (tertiary/aromatic N) is 2. The standard InChI is InChI=1S/C22H24N4O5/c1-30-16-4-6-19-15(13-16)8-10-25(19)11-9-23-20(27)7-5-18-21(28)26(22(29)24-18)14-17-3-2-12-31-17/h2-4,6,8,10,12-13,18H,5,7,9,11,14H2,1H3,(H,23,27)(H,24,29)/t18-/m1/s1. The molecule has 1 aliphatic rings. The zero-order valence-corrected chi connectivity index (χ0v) is 17.2. The number of furan rings is 1. The number of carbonyl (C=O) groups is 3. The predicted molar refractivity (Wildman–Crippen MR) is 112 cm³/mol. The number of rotatable bonds is 9. The van der Waals surface area contributed by atoms with Crippen LogP contribution in [0.2, 0.25) is 0 Å². The van der Waals surface area contributed by atoms with Gasteiger partial charge in [-0.05, 0) is 42.8 Å². The zero-order valence-electron chi connectivity index (χ0n) is 17.2. The highest BCUT2D eigenvalue weighted by Gasteiger charge is 2.38. The topological polar surface area (TPSA) is 106 Å². The van der Waals surface area contributed by atoms with E-state index in [4.69, 9.17) is 9.15 Å². The molecular formula is C22H24N4O5. The molecule has 9 nitrogen and oxygen atoms in total. The molecule has 3 aromatic rings. The van der Waals surface area contributed by atoms with Gasteiger partial charge in [0.1, 0.15) is 17.6 Å². The summed E-state index contributed by atoms with van der Waals surface area (Å²) in [5, 5.41) is 6.57. The number of carbonyl (C=O) groups excluding carboxylic acids is 3. The molecule has 0 unspecified atom stereocenters. The van der Waals surface area contributed by atoms with Crippen molar-refractivity contribution in [3.8, 4) is 5.75 Å². The van der Waals surface area contributed by atoms with Crippen molar-refractivity contribution in [2.75, 3.05) is 13.7 Å². The summed E-state index contributed by atoms with van der Waals surface area (Å²) < 4.78 is 12.5. The average molecular weight is 424 g/mol. The monoisotopic (exact) mass is 424 g/mol. The van der Waals surface area contributed by atoms with Crippen molar-refractivity contribution in [1.29, 1.82) is 0 Å². The lowest BCUT2D eigenvalue weighted by Gasteiger charge is -2.11. The summed E-state index contributed by atoms with van der Waals surface area (Å²) >= 11 is 0. The molecule has 162 valence electrons. The minimum Gasteiger partial charge on any atom is -0.497 e. The van der Waals surface area contributed by atoms with Gasteiger partial charge < -0.3 is 24.4 Å². The van der Waals surface area contributed by atoms with Gasteiger partial charge in [0.05, 0.1) is 19.9 Å². The van der Waals surface area contributed by atoms with Crippen LogP contribution in [0.3, 0.4) is 0 Å². The number of fused-ring (bicyclic) bond motifs is 1. The summed E-state index contributed by atoms with van der Waals surface area (Å²) in [5.74, 6) is 0.820.